The molecule has 1 aliphatic carbocycles. The van der Waals surface area contributed by atoms with Gasteiger partial charge in [-0.3, -0.25) is 0 Å². The number of hydrogen-bond acceptors (Lipinski definition) is 2. The van der Waals surface area contributed by atoms with Gasteiger partial charge in [0.1, 0.15) is 0 Å². The number of esters is 1. The minimum atomic E-state index is -4.45. The van der Waals surface area contributed by atoms with E-state index < -0.39 is 17.7 Å². The van der Waals surface area contributed by atoms with Crippen molar-refractivity contribution in [2.75, 3.05) is 6.61 Å². The molecule has 25 heavy (non-hydrogen) atoms. The molecule has 0 spiro atoms. The Morgan fingerprint density at radius 1 is 1.24 bits per heavy atom. The van der Waals surface area contributed by atoms with Crippen LogP contribution in [0.2, 0.25) is 0 Å². The molecule has 0 unspecified atom stereocenters. The lowest BCUT2D eigenvalue weighted by Crippen LogP contribution is -2.10. The van der Waals surface area contributed by atoms with Crippen LogP contribution in [0.25, 0.3) is 11.3 Å². The molecule has 0 atom stereocenters. The van der Waals surface area contributed by atoms with Crippen molar-refractivity contribution in [1.29, 1.82) is 0 Å². The lowest BCUT2D eigenvalue weighted by Gasteiger charge is -2.19. The first-order valence-electron chi connectivity index (χ1n) is 8.47. The molecule has 1 heterocycles. The van der Waals surface area contributed by atoms with E-state index in [1.807, 2.05) is 4.57 Å². The van der Waals surface area contributed by atoms with Gasteiger partial charge in [-0.05, 0) is 31.9 Å². The molecule has 1 aliphatic rings. The topological polar surface area (TPSA) is 31.2 Å². The molecule has 1 aromatic heterocycles. The first-order chi connectivity index (χ1) is 11.9. The van der Waals surface area contributed by atoms with E-state index in [2.05, 4.69) is 0 Å². The standard InChI is InChI=1S/C19H20F3NO2/c1-2-25-18(24)13-11-17(23(12-13)14-7-3-4-8-14)15-9-5-6-10-16(15)19(20,21)22/h5-6,9-12,14H,2-4,7-8H2,1H3. The van der Waals surface area contributed by atoms with E-state index in [1.54, 1.807) is 19.2 Å². The van der Waals surface area contributed by atoms with Crippen molar-refractivity contribution in [2.45, 2.75) is 44.8 Å². The normalized spacial score (nSPS) is 15.5. The van der Waals surface area contributed by atoms with Crippen LogP contribution in [0.4, 0.5) is 13.2 Å². The molecule has 6 heteroatoms. The summed E-state index contributed by atoms with van der Waals surface area (Å²) in [6, 6.07) is 7.12. The molecule has 0 radical (unpaired) electrons. The Labute approximate surface area is 144 Å². The zero-order valence-corrected chi connectivity index (χ0v) is 14.0. The van der Waals surface area contributed by atoms with Gasteiger partial charge in [0, 0.05) is 23.5 Å². The average molecular weight is 351 g/mol. The molecule has 0 amide bonds. The number of halogens is 3. The monoisotopic (exact) mass is 351 g/mol. The Hall–Kier alpha value is -2.24. The van der Waals surface area contributed by atoms with E-state index in [9.17, 15) is 18.0 Å². The van der Waals surface area contributed by atoms with E-state index in [0.29, 0.717) is 11.3 Å². The van der Waals surface area contributed by atoms with Crippen molar-refractivity contribution in [1.82, 2.24) is 4.57 Å². The summed E-state index contributed by atoms with van der Waals surface area (Å²) in [4.78, 5) is 12.1. The van der Waals surface area contributed by atoms with E-state index in [0.717, 1.165) is 31.7 Å². The summed E-state index contributed by atoms with van der Waals surface area (Å²) >= 11 is 0. The molecule has 3 nitrogen and oxygen atoms in total. The highest BCUT2D eigenvalue weighted by Crippen LogP contribution is 2.40. The number of benzene rings is 1. The summed E-state index contributed by atoms with van der Waals surface area (Å²) in [5.74, 6) is -0.509. The van der Waals surface area contributed by atoms with Crippen molar-refractivity contribution >= 4 is 5.97 Å². The predicted octanol–water partition coefficient (Wildman–Crippen LogP) is 5.47. The van der Waals surface area contributed by atoms with E-state index >= 15 is 0 Å². The molecule has 0 saturated heterocycles. The maximum Gasteiger partial charge on any atom is 0.417 e. The Kier molecular flexibility index (Phi) is 4.88. The van der Waals surface area contributed by atoms with Crippen molar-refractivity contribution in [3.63, 3.8) is 0 Å². The highest BCUT2D eigenvalue weighted by Gasteiger charge is 2.35. The third-order valence-corrected chi connectivity index (χ3v) is 4.59. The minimum Gasteiger partial charge on any atom is -0.462 e. The second-order valence-corrected chi connectivity index (χ2v) is 6.22. The molecule has 1 aromatic carbocycles. The Bertz CT molecular complexity index is 758. The number of alkyl halides is 3. The number of rotatable bonds is 4. The fraction of sp³-hybridized carbons (Fsp3) is 0.421. The summed E-state index contributed by atoms with van der Waals surface area (Å²) < 4.78 is 47.1. The molecule has 0 aliphatic heterocycles. The summed E-state index contributed by atoms with van der Waals surface area (Å²) in [7, 11) is 0. The van der Waals surface area contributed by atoms with Crippen molar-refractivity contribution in [3.05, 3.63) is 47.7 Å². The molecule has 0 bridgehead atoms. The largest absolute Gasteiger partial charge is 0.462 e. The van der Waals surface area contributed by atoms with Gasteiger partial charge >= 0.3 is 12.1 Å². The van der Waals surface area contributed by atoms with Gasteiger partial charge < -0.3 is 9.30 Å². The second-order valence-electron chi connectivity index (χ2n) is 6.22. The fourth-order valence-corrected chi connectivity index (χ4v) is 3.46. The minimum absolute atomic E-state index is 0.0949. The lowest BCUT2D eigenvalue weighted by molar-refractivity contribution is -0.137. The van der Waals surface area contributed by atoms with Crippen molar-refractivity contribution < 1.29 is 22.7 Å². The first-order valence-corrected chi connectivity index (χ1v) is 8.47. The number of ether oxygens (including phenoxy) is 1. The summed E-state index contributed by atoms with van der Waals surface area (Å²) in [6.07, 6.45) is 1.06. The third kappa shape index (κ3) is 3.57. The number of aromatic nitrogens is 1. The molecular weight excluding hydrogens is 331 g/mol. The molecule has 1 saturated carbocycles. The van der Waals surface area contributed by atoms with E-state index in [4.69, 9.17) is 4.74 Å². The van der Waals surface area contributed by atoms with Gasteiger partial charge in [0.05, 0.1) is 17.7 Å². The molecule has 1 fully saturated rings. The highest BCUT2D eigenvalue weighted by atomic mass is 19.4. The predicted molar refractivity (Wildman–Crippen MR) is 88.3 cm³/mol. The van der Waals surface area contributed by atoms with Gasteiger partial charge in [0.25, 0.3) is 0 Å². The van der Waals surface area contributed by atoms with Crippen LogP contribution in [0, 0.1) is 0 Å². The third-order valence-electron chi connectivity index (χ3n) is 4.59. The molecule has 0 N–H and O–H groups in total. The molecule has 2 aromatic rings. The van der Waals surface area contributed by atoms with Crippen LogP contribution in [0.15, 0.2) is 36.5 Å². The van der Waals surface area contributed by atoms with Crippen molar-refractivity contribution in [2.24, 2.45) is 0 Å². The van der Waals surface area contributed by atoms with Gasteiger partial charge in [-0.15, -0.1) is 0 Å². The van der Waals surface area contributed by atoms with Crippen LogP contribution in [0.5, 0.6) is 0 Å². The van der Waals surface area contributed by atoms with Gasteiger partial charge in [-0.1, -0.05) is 31.0 Å². The van der Waals surface area contributed by atoms with Crippen molar-refractivity contribution in [3.8, 4) is 11.3 Å². The molecule has 134 valence electrons. The van der Waals surface area contributed by atoms with E-state index in [-0.39, 0.29) is 18.2 Å². The summed E-state index contributed by atoms with van der Waals surface area (Å²) in [5, 5.41) is 0. The quantitative estimate of drug-likeness (QED) is 0.684. The zero-order valence-electron chi connectivity index (χ0n) is 14.0. The van der Waals surface area contributed by atoms with Gasteiger partial charge in [0.15, 0.2) is 0 Å². The SMILES string of the molecule is CCOC(=O)c1cc(-c2ccccc2C(F)(F)F)n(C2CCCC2)c1. The van der Waals surface area contributed by atoms with Gasteiger partial charge in [0.2, 0.25) is 0 Å². The summed E-state index contributed by atoms with van der Waals surface area (Å²) in [5.41, 5.74) is 0.115. The van der Waals surface area contributed by atoms with Crippen LogP contribution in [0.1, 0.15) is 54.6 Å². The maximum atomic E-state index is 13.4. The fourth-order valence-electron chi connectivity index (χ4n) is 3.46. The second kappa shape index (κ2) is 6.94. The maximum absolute atomic E-state index is 13.4. The zero-order chi connectivity index (χ0) is 18.0. The lowest BCUT2D eigenvalue weighted by atomic mass is 10.0. The van der Waals surface area contributed by atoms with Crippen LogP contribution in [0.3, 0.4) is 0 Å². The smallest absolute Gasteiger partial charge is 0.417 e. The molecule has 3 rings (SSSR count). The first kappa shape index (κ1) is 17.6. The molecular formula is C19H20F3NO2. The average Bonchev–Trinajstić information content (AvgIpc) is 3.23. The number of carbonyl (C=O) groups excluding carboxylic acids is 1. The van der Waals surface area contributed by atoms with Crippen LogP contribution in [-0.2, 0) is 10.9 Å². The highest BCUT2D eigenvalue weighted by molar-refractivity contribution is 5.91. The number of carbonyl (C=O) groups is 1. The van der Waals surface area contributed by atoms with Crippen LogP contribution < -0.4 is 0 Å². The van der Waals surface area contributed by atoms with Crippen LogP contribution in [-0.4, -0.2) is 17.1 Å². The van der Waals surface area contributed by atoms with E-state index in [1.165, 1.54) is 18.2 Å². The number of nitrogens with zero attached hydrogens (tertiary/aromatic N) is 1. The Balaban J connectivity index is 2.13. The van der Waals surface area contributed by atoms with Gasteiger partial charge in [-0.25, -0.2) is 4.79 Å². The Morgan fingerprint density at radius 2 is 1.92 bits per heavy atom. The Morgan fingerprint density at radius 3 is 2.56 bits per heavy atom. The van der Waals surface area contributed by atoms with Crippen LogP contribution >= 0.6 is 0 Å². The number of hydrogen-bond donors (Lipinski definition) is 0. The van der Waals surface area contributed by atoms with Gasteiger partial charge in [-0.2, -0.15) is 13.2 Å². The summed E-state index contributed by atoms with van der Waals surface area (Å²) in [6.45, 7) is 1.92.